The maximum absolute atomic E-state index is 14.2. The van der Waals surface area contributed by atoms with Gasteiger partial charge in [-0.1, -0.05) is 61.3 Å². The zero-order valence-corrected chi connectivity index (χ0v) is 24.6. The summed E-state index contributed by atoms with van der Waals surface area (Å²) in [5.74, 6) is -3.34. The fourth-order valence-corrected chi connectivity index (χ4v) is 6.33. The molecule has 0 saturated carbocycles. The van der Waals surface area contributed by atoms with Crippen LogP contribution in [0.2, 0.25) is 10.0 Å². The van der Waals surface area contributed by atoms with Gasteiger partial charge in [-0.05, 0) is 60.4 Å². The molecule has 1 aliphatic rings. The number of carbonyl (C=O) groups is 1. The summed E-state index contributed by atoms with van der Waals surface area (Å²) in [5, 5.41) is 1.18. The summed E-state index contributed by atoms with van der Waals surface area (Å²) in [6.07, 6.45) is 0. The number of carbonyl (C=O) groups excluding carboxylic acids is 1. The van der Waals surface area contributed by atoms with E-state index in [0.29, 0.717) is 29.2 Å². The smallest absolute Gasteiger partial charge is 0.243 e. The van der Waals surface area contributed by atoms with Crippen molar-refractivity contribution < 1.29 is 22.0 Å². The third-order valence-corrected chi connectivity index (χ3v) is 8.93. The van der Waals surface area contributed by atoms with E-state index in [2.05, 4.69) is 9.62 Å². The van der Waals surface area contributed by atoms with Crippen molar-refractivity contribution in [2.75, 3.05) is 23.7 Å². The first-order valence-corrected chi connectivity index (χ1v) is 15.3. The van der Waals surface area contributed by atoms with Crippen molar-refractivity contribution in [3.05, 3.63) is 99.5 Å². The van der Waals surface area contributed by atoms with Gasteiger partial charge < -0.3 is 4.90 Å². The topological polar surface area (TPSA) is 69.7 Å². The molecule has 214 valence electrons. The van der Waals surface area contributed by atoms with Crippen LogP contribution in [0.3, 0.4) is 0 Å². The Balaban J connectivity index is 1.62. The molecule has 0 spiro atoms. The lowest BCUT2D eigenvalue weighted by Gasteiger charge is -2.49. The van der Waals surface area contributed by atoms with E-state index in [1.165, 1.54) is 4.90 Å². The number of rotatable bonds is 10. The van der Waals surface area contributed by atoms with E-state index in [-0.39, 0.29) is 17.6 Å². The quantitative estimate of drug-likeness (QED) is 0.304. The molecule has 1 fully saturated rings. The van der Waals surface area contributed by atoms with Gasteiger partial charge in [0.1, 0.15) is 17.4 Å². The minimum absolute atomic E-state index is 0.0103. The first kappa shape index (κ1) is 30.4. The lowest BCUT2D eigenvalue weighted by molar-refractivity contribution is -0.117. The molecule has 0 bridgehead atoms. The summed E-state index contributed by atoms with van der Waals surface area (Å²) >= 11 is 12.2. The Morgan fingerprint density at radius 3 is 1.85 bits per heavy atom. The van der Waals surface area contributed by atoms with Crippen LogP contribution in [0, 0.1) is 17.6 Å². The number of benzene rings is 3. The zero-order chi connectivity index (χ0) is 29.2. The Hall–Kier alpha value is -2.56. The number of amides is 1. The Kier molecular flexibility index (Phi) is 9.52. The predicted octanol–water partition coefficient (Wildman–Crippen LogP) is 6.04. The van der Waals surface area contributed by atoms with E-state index in [4.69, 9.17) is 23.2 Å². The highest BCUT2D eigenvalue weighted by atomic mass is 35.5. The van der Waals surface area contributed by atoms with Crippen molar-refractivity contribution in [2.45, 2.75) is 38.9 Å². The lowest BCUT2D eigenvalue weighted by Crippen LogP contribution is -2.63. The number of hydrogen-bond acceptors (Lipinski definition) is 4. The van der Waals surface area contributed by atoms with Crippen molar-refractivity contribution in [3.8, 4) is 0 Å². The van der Waals surface area contributed by atoms with Crippen molar-refractivity contribution in [1.29, 1.82) is 0 Å². The molecule has 0 radical (unpaired) electrons. The van der Waals surface area contributed by atoms with Gasteiger partial charge in [-0.3, -0.25) is 9.69 Å². The van der Waals surface area contributed by atoms with Crippen molar-refractivity contribution in [2.24, 2.45) is 5.92 Å². The van der Waals surface area contributed by atoms with Gasteiger partial charge >= 0.3 is 0 Å². The van der Waals surface area contributed by atoms with Crippen LogP contribution in [0.15, 0.2) is 66.7 Å². The van der Waals surface area contributed by atoms with E-state index in [1.54, 1.807) is 31.2 Å². The Morgan fingerprint density at radius 1 is 0.925 bits per heavy atom. The van der Waals surface area contributed by atoms with E-state index in [1.807, 2.05) is 38.1 Å². The molecule has 3 aromatic carbocycles. The van der Waals surface area contributed by atoms with Crippen molar-refractivity contribution >= 4 is 44.8 Å². The maximum Gasteiger partial charge on any atom is 0.243 e. The van der Waals surface area contributed by atoms with Gasteiger partial charge in [0, 0.05) is 40.9 Å². The highest BCUT2D eigenvalue weighted by molar-refractivity contribution is 7.90. The number of nitrogens with one attached hydrogen (secondary N) is 1. The number of hydrogen-bond donors (Lipinski definition) is 1. The third-order valence-electron chi connectivity index (χ3n) is 7.07. The first-order chi connectivity index (χ1) is 18.8. The minimum Gasteiger partial charge on any atom is -0.306 e. The third kappa shape index (κ3) is 7.39. The van der Waals surface area contributed by atoms with Gasteiger partial charge in [-0.2, -0.15) is 0 Å². The number of anilines is 1. The monoisotopic (exact) mass is 609 g/mol. The average molecular weight is 611 g/mol. The number of likely N-dealkylation sites (tertiary alicyclic amines) is 1. The van der Waals surface area contributed by atoms with Crippen LogP contribution in [0.4, 0.5) is 14.5 Å². The summed E-state index contributed by atoms with van der Waals surface area (Å²) < 4.78 is 56.6. The van der Waals surface area contributed by atoms with E-state index in [0.717, 1.165) is 23.3 Å². The summed E-state index contributed by atoms with van der Waals surface area (Å²) in [5.41, 5.74) is 1.87. The molecular formula is C29H31Cl2F2N3O3S. The highest BCUT2D eigenvalue weighted by Crippen LogP contribution is 2.36. The van der Waals surface area contributed by atoms with Crippen molar-refractivity contribution in [3.63, 3.8) is 0 Å². The fraction of sp³-hybridized carbons (Fsp3) is 0.345. The molecule has 3 aromatic rings. The van der Waals surface area contributed by atoms with Crippen LogP contribution in [-0.2, 0) is 14.8 Å². The van der Waals surface area contributed by atoms with Gasteiger partial charge in [0.05, 0.1) is 12.1 Å². The second kappa shape index (κ2) is 12.5. The summed E-state index contributed by atoms with van der Waals surface area (Å²) in [7, 11) is -4.01. The fourth-order valence-electron chi connectivity index (χ4n) is 4.70. The van der Waals surface area contributed by atoms with Crippen LogP contribution in [0.1, 0.15) is 37.9 Å². The molecule has 1 unspecified atom stereocenters. The molecule has 11 heteroatoms. The predicted molar refractivity (Wildman–Crippen MR) is 155 cm³/mol. The molecule has 1 N–H and O–H groups in total. The largest absolute Gasteiger partial charge is 0.306 e. The Labute approximate surface area is 243 Å². The van der Waals surface area contributed by atoms with E-state index in [9.17, 15) is 22.0 Å². The molecule has 6 nitrogen and oxygen atoms in total. The summed E-state index contributed by atoms with van der Waals surface area (Å²) in [6.45, 7) is 6.09. The molecule has 4 rings (SSSR count). The molecule has 1 atom stereocenters. The van der Waals surface area contributed by atoms with E-state index >= 15 is 0 Å². The Bertz CT molecular complexity index is 1380. The standard InChI is InChI=1S/C29H31Cl2F2N3O3S/c1-18(2)19(3)34-40(38,39)17-28(37)36(26-13-24(32)12-25(33)14-26)27-15-35(16-27)29(20-4-8-22(30)9-5-20)21-6-10-23(31)11-7-21/h4-14,18-19,27,29,34H,15-17H2,1-3H3. The molecule has 1 heterocycles. The van der Waals surface area contributed by atoms with Crippen LogP contribution >= 0.6 is 23.2 Å². The highest BCUT2D eigenvalue weighted by Gasteiger charge is 2.41. The zero-order valence-electron chi connectivity index (χ0n) is 22.3. The molecule has 0 aliphatic carbocycles. The summed E-state index contributed by atoms with van der Waals surface area (Å²) in [4.78, 5) is 16.8. The van der Waals surface area contributed by atoms with Gasteiger partial charge in [0.25, 0.3) is 0 Å². The molecule has 40 heavy (non-hydrogen) atoms. The molecule has 1 saturated heterocycles. The first-order valence-electron chi connectivity index (χ1n) is 12.9. The molecule has 1 aliphatic heterocycles. The molecular weight excluding hydrogens is 579 g/mol. The SMILES string of the molecule is CC(C)C(C)NS(=O)(=O)CC(=O)N(c1cc(F)cc(F)c1)C1CN(C(c2ccc(Cl)cc2)c2ccc(Cl)cc2)C1. The number of nitrogens with zero attached hydrogens (tertiary/aromatic N) is 2. The van der Waals surface area contributed by atoms with Crippen LogP contribution in [0.5, 0.6) is 0 Å². The summed E-state index contributed by atoms with van der Waals surface area (Å²) in [6, 6.07) is 16.5. The average Bonchev–Trinajstić information content (AvgIpc) is 2.83. The minimum atomic E-state index is -4.01. The normalized spacial score (nSPS) is 15.3. The van der Waals surface area contributed by atoms with E-state index < -0.39 is 45.4 Å². The van der Waals surface area contributed by atoms with Crippen LogP contribution in [0.25, 0.3) is 0 Å². The maximum atomic E-state index is 14.2. The molecule has 0 aromatic heterocycles. The number of sulfonamides is 1. The number of halogens is 4. The van der Waals surface area contributed by atoms with Crippen molar-refractivity contribution in [1.82, 2.24) is 9.62 Å². The van der Waals surface area contributed by atoms with Gasteiger partial charge in [-0.25, -0.2) is 21.9 Å². The molecule has 1 amide bonds. The lowest BCUT2D eigenvalue weighted by atomic mass is 9.92. The second-order valence-electron chi connectivity index (χ2n) is 10.4. The van der Waals surface area contributed by atoms with Crippen LogP contribution in [-0.4, -0.2) is 50.2 Å². The van der Waals surface area contributed by atoms with Gasteiger partial charge in [0.15, 0.2) is 0 Å². The Morgan fingerprint density at radius 2 is 1.40 bits per heavy atom. The van der Waals surface area contributed by atoms with Gasteiger partial charge in [-0.15, -0.1) is 0 Å². The van der Waals surface area contributed by atoms with Crippen LogP contribution < -0.4 is 9.62 Å². The van der Waals surface area contributed by atoms with Gasteiger partial charge in [0.2, 0.25) is 15.9 Å². The second-order valence-corrected chi connectivity index (χ2v) is 13.0.